The zero-order valence-electron chi connectivity index (χ0n) is 6.38. The van der Waals surface area contributed by atoms with Crippen LogP contribution >= 0.6 is 23.2 Å². The molecule has 0 spiro atoms. The number of hydrogen-bond acceptors (Lipinski definition) is 2. The molecular weight excluding hydrogens is 195 g/mol. The first-order valence-corrected chi connectivity index (χ1v) is 4.11. The highest BCUT2D eigenvalue weighted by Crippen LogP contribution is 2.24. The van der Waals surface area contributed by atoms with Crippen LogP contribution in [0.3, 0.4) is 0 Å². The number of nitrogens with zero attached hydrogens (tertiary/aromatic N) is 2. The molecule has 1 atom stereocenters. The van der Waals surface area contributed by atoms with Gasteiger partial charge in [-0.15, -0.1) is 0 Å². The Bertz CT molecular complexity index is 330. The van der Waals surface area contributed by atoms with Gasteiger partial charge in [0.25, 0.3) is 0 Å². The fourth-order valence-corrected chi connectivity index (χ4v) is 1.35. The number of hydrogen-bond donors (Lipinski definition) is 0. The van der Waals surface area contributed by atoms with Crippen LogP contribution in [0.25, 0.3) is 0 Å². The number of rotatable bonds is 1. The van der Waals surface area contributed by atoms with Crippen molar-refractivity contribution >= 4 is 23.2 Å². The maximum atomic E-state index is 8.60. The van der Waals surface area contributed by atoms with Crippen molar-refractivity contribution in [3.05, 3.63) is 28.0 Å². The summed E-state index contributed by atoms with van der Waals surface area (Å²) in [6.45, 7) is 1.74. The van der Waals surface area contributed by atoms with Gasteiger partial charge in [-0.05, 0) is 13.0 Å². The topological polar surface area (TPSA) is 36.7 Å². The van der Waals surface area contributed by atoms with Crippen LogP contribution in [0.1, 0.15) is 18.5 Å². The van der Waals surface area contributed by atoms with Crippen LogP contribution in [0.2, 0.25) is 10.0 Å². The summed E-state index contributed by atoms with van der Waals surface area (Å²) in [7, 11) is 0. The number of nitriles is 1. The van der Waals surface area contributed by atoms with Gasteiger partial charge in [0, 0.05) is 6.20 Å². The van der Waals surface area contributed by atoms with Crippen LogP contribution in [0.15, 0.2) is 12.3 Å². The Morgan fingerprint density at radius 2 is 2.25 bits per heavy atom. The molecule has 1 aromatic heterocycles. The summed E-state index contributed by atoms with van der Waals surface area (Å²) in [6.07, 6.45) is 1.48. The highest BCUT2D eigenvalue weighted by atomic mass is 35.5. The van der Waals surface area contributed by atoms with E-state index in [2.05, 4.69) is 11.1 Å². The van der Waals surface area contributed by atoms with E-state index < -0.39 is 0 Å². The smallest absolute Gasteiger partial charge is 0.0871 e. The highest BCUT2D eigenvalue weighted by Gasteiger charge is 2.09. The molecule has 4 heteroatoms. The van der Waals surface area contributed by atoms with Gasteiger partial charge < -0.3 is 0 Å². The van der Waals surface area contributed by atoms with E-state index in [9.17, 15) is 0 Å². The first kappa shape index (κ1) is 9.31. The molecule has 1 rings (SSSR count). The molecule has 0 saturated heterocycles. The van der Waals surface area contributed by atoms with Crippen LogP contribution in [0, 0.1) is 11.3 Å². The molecular formula is C8H6Cl2N2. The molecule has 0 saturated carbocycles. The van der Waals surface area contributed by atoms with Gasteiger partial charge in [-0.3, -0.25) is 4.98 Å². The first-order chi connectivity index (χ1) is 5.65. The van der Waals surface area contributed by atoms with Crippen LogP contribution < -0.4 is 0 Å². The lowest BCUT2D eigenvalue weighted by atomic mass is 10.1. The minimum Gasteiger partial charge on any atom is -0.257 e. The molecule has 0 radical (unpaired) electrons. The fraction of sp³-hybridized carbons (Fsp3) is 0.250. The standard InChI is InChI=1S/C8H6Cl2N2/c1-5(3-11)8-7(10)2-6(9)4-12-8/h2,4-5H,1H3. The first-order valence-electron chi connectivity index (χ1n) is 3.35. The zero-order chi connectivity index (χ0) is 9.14. The lowest BCUT2D eigenvalue weighted by Gasteiger charge is -2.03. The number of halogens is 2. The Kier molecular flexibility index (Phi) is 2.91. The summed E-state index contributed by atoms with van der Waals surface area (Å²) in [5.74, 6) is -0.297. The summed E-state index contributed by atoms with van der Waals surface area (Å²) in [5.41, 5.74) is 0.573. The molecule has 0 amide bonds. The maximum absolute atomic E-state index is 8.60. The van der Waals surface area contributed by atoms with Crippen LogP contribution in [0.4, 0.5) is 0 Å². The second kappa shape index (κ2) is 3.75. The van der Waals surface area contributed by atoms with Crippen molar-refractivity contribution in [1.82, 2.24) is 4.98 Å². The molecule has 0 aliphatic rings. The lowest BCUT2D eigenvalue weighted by molar-refractivity contribution is 0.920. The van der Waals surface area contributed by atoms with Gasteiger partial charge in [-0.1, -0.05) is 23.2 Å². The highest BCUT2D eigenvalue weighted by molar-refractivity contribution is 6.34. The van der Waals surface area contributed by atoms with Gasteiger partial charge >= 0.3 is 0 Å². The van der Waals surface area contributed by atoms with Crippen molar-refractivity contribution in [3.8, 4) is 6.07 Å². The van der Waals surface area contributed by atoms with E-state index in [0.29, 0.717) is 15.7 Å². The van der Waals surface area contributed by atoms with Crippen LogP contribution in [-0.4, -0.2) is 4.98 Å². The van der Waals surface area contributed by atoms with E-state index in [0.717, 1.165) is 0 Å². The van der Waals surface area contributed by atoms with Gasteiger partial charge in [0.05, 0.1) is 27.7 Å². The normalized spacial score (nSPS) is 12.2. The maximum Gasteiger partial charge on any atom is 0.0871 e. The molecule has 0 bridgehead atoms. The van der Waals surface area contributed by atoms with Crippen LogP contribution in [0.5, 0.6) is 0 Å². The average Bonchev–Trinajstić information content (AvgIpc) is 2.03. The van der Waals surface area contributed by atoms with E-state index in [1.807, 2.05) is 0 Å². The van der Waals surface area contributed by atoms with E-state index in [-0.39, 0.29) is 5.92 Å². The molecule has 62 valence electrons. The summed E-state index contributed by atoms with van der Waals surface area (Å²) in [4.78, 5) is 3.96. The third kappa shape index (κ3) is 1.88. The molecule has 12 heavy (non-hydrogen) atoms. The SMILES string of the molecule is CC(C#N)c1ncc(Cl)cc1Cl. The quantitative estimate of drug-likeness (QED) is 0.700. The van der Waals surface area contributed by atoms with E-state index >= 15 is 0 Å². The Labute approximate surface area is 80.7 Å². The Balaban J connectivity index is 3.11. The zero-order valence-corrected chi connectivity index (χ0v) is 7.89. The predicted molar refractivity (Wildman–Crippen MR) is 48.3 cm³/mol. The molecule has 2 nitrogen and oxygen atoms in total. The number of pyridine rings is 1. The molecule has 0 N–H and O–H groups in total. The third-order valence-corrected chi connectivity index (χ3v) is 1.95. The van der Waals surface area contributed by atoms with E-state index in [1.165, 1.54) is 6.20 Å². The van der Waals surface area contributed by atoms with Gasteiger partial charge in [-0.2, -0.15) is 5.26 Å². The Hall–Kier alpha value is -0.780. The van der Waals surface area contributed by atoms with Crippen molar-refractivity contribution in [2.75, 3.05) is 0 Å². The van der Waals surface area contributed by atoms with Crippen molar-refractivity contribution in [2.45, 2.75) is 12.8 Å². The predicted octanol–water partition coefficient (Wildman–Crippen LogP) is 3.02. The van der Waals surface area contributed by atoms with Gasteiger partial charge in [0.15, 0.2) is 0 Å². The molecule has 1 heterocycles. The van der Waals surface area contributed by atoms with Crippen molar-refractivity contribution < 1.29 is 0 Å². The lowest BCUT2D eigenvalue weighted by Crippen LogP contribution is -1.94. The Morgan fingerprint density at radius 3 is 2.75 bits per heavy atom. The van der Waals surface area contributed by atoms with Crippen molar-refractivity contribution in [2.24, 2.45) is 0 Å². The van der Waals surface area contributed by atoms with E-state index in [1.54, 1.807) is 13.0 Å². The summed E-state index contributed by atoms with van der Waals surface area (Å²) in [6, 6.07) is 3.63. The number of aromatic nitrogens is 1. The molecule has 0 aliphatic heterocycles. The van der Waals surface area contributed by atoms with Crippen molar-refractivity contribution in [3.63, 3.8) is 0 Å². The van der Waals surface area contributed by atoms with Crippen LogP contribution in [-0.2, 0) is 0 Å². The third-order valence-electron chi connectivity index (χ3n) is 1.44. The minimum atomic E-state index is -0.297. The van der Waals surface area contributed by atoms with Gasteiger partial charge in [-0.25, -0.2) is 0 Å². The second-order valence-corrected chi connectivity index (χ2v) is 3.22. The average molecular weight is 201 g/mol. The summed E-state index contributed by atoms with van der Waals surface area (Å²) >= 11 is 11.4. The molecule has 0 aliphatic carbocycles. The Morgan fingerprint density at radius 1 is 1.58 bits per heavy atom. The largest absolute Gasteiger partial charge is 0.257 e. The van der Waals surface area contributed by atoms with Gasteiger partial charge in [0.1, 0.15) is 0 Å². The van der Waals surface area contributed by atoms with E-state index in [4.69, 9.17) is 28.5 Å². The minimum absolute atomic E-state index is 0.297. The molecule has 0 fully saturated rings. The monoisotopic (exact) mass is 200 g/mol. The second-order valence-electron chi connectivity index (χ2n) is 2.37. The molecule has 1 unspecified atom stereocenters. The summed E-state index contributed by atoms with van der Waals surface area (Å²) in [5, 5.41) is 9.52. The van der Waals surface area contributed by atoms with Crippen molar-refractivity contribution in [1.29, 1.82) is 5.26 Å². The fourth-order valence-electron chi connectivity index (χ4n) is 0.805. The molecule has 0 aromatic carbocycles. The van der Waals surface area contributed by atoms with Gasteiger partial charge in [0.2, 0.25) is 0 Å². The molecule has 1 aromatic rings. The summed E-state index contributed by atoms with van der Waals surface area (Å²) < 4.78 is 0.